The van der Waals surface area contributed by atoms with E-state index in [0.717, 1.165) is 17.8 Å². The second kappa shape index (κ2) is 4.46. The summed E-state index contributed by atoms with van der Waals surface area (Å²) in [5, 5.41) is 8.92. The van der Waals surface area contributed by atoms with Crippen molar-refractivity contribution in [1.29, 1.82) is 5.26 Å². The zero-order valence-corrected chi connectivity index (χ0v) is 10.1. The number of hydrogen-bond donors (Lipinski definition) is 0. The number of likely N-dealkylation sites (N-methyl/N-ethyl adjacent to an activating group) is 1. The fourth-order valence-electron chi connectivity index (χ4n) is 2.11. The SMILES string of the molecule is CCCN1C(=O)CN(C)c2ccc(C#N)cc21. The molecule has 2 rings (SSSR count). The molecular weight excluding hydrogens is 214 g/mol. The van der Waals surface area contributed by atoms with Crippen LogP contribution in [0.4, 0.5) is 11.4 Å². The molecule has 1 heterocycles. The Morgan fingerprint density at radius 1 is 1.41 bits per heavy atom. The van der Waals surface area contributed by atoms with Crippen LogP contribution in [-0.2, 0) is 4.79 Å². The number of nitriles is 1. The standard InChI is InChI=1S/C13H15N3O/c1-3-6-16-12-7-10(8-14)4-5-11(12)15(2)9-13(16)17/h4-5,7H,3,6,9H2,1-2H3. The van der Waals surface area contributed by atoms with Crippen LogP contribution in [0, 0.1) is 11.3 Å². The summed E-state index contributed by atoms with van der Waals surface area (Å²) in [4.78, 5) is 15.7. The van der Waals surface area contributed by atoms with E-state index in [4.69, 9.17) is 5.26 Å². The molecule has 0 aromatic heterocycles. The van der Waals surface area contributed by atoms with Gasteiger partial charge in [0.2, 0.25) is 5.91 Å². The van der Waals surface area contributed by atoms with Crippen LogP contribution in [0.2, 0.25) is 0 Å². The van der Waals surface area contributed by atoms with E-state index in [1.807, 2.05) is 24.9 Å². The van der Waals surface area contributed by atoms with Crippen LogP contribution in [-0.4, -0.2) is 26.0 Å². The van der Waals surface area contributed by atoms with Crippen molar-refractivity contribution < 1.29 is 4.79 Å². The fraction of sp³-hybridized carbons (Fsp3) is 0.385. The number of amides is 1. The summed E-state index contributed by atoms with van der Waals surface area (Å²) in [6, 6.07) is 7.60. The van der Waals surface area contributed by atoms with Crippen molar-refractivity contribution in [2.24, 2.45) is 0 Å². The van der Waals surface area contributed by atoms with Gasteiger partial charge in [0.1, 0.15) is 0 Å². The summed E-state index contributed by atoms with van der Waals surface area (Å²) in [5.41, 5.74) is 2.45. The molecule has 0 aliphatic carbocycles. The summed E-state index contributed by atoms with van der Waals surface area (Å²) in [5.74, 6) is 0.0944. The minimum absolute atomic E-state index is 0.0944. The number of carbonyl (C=O) groups is 1. The summed E-state index contributed by atoms with van der Waals surface area (Å²) >= 11 is 0. The Morgan fingerprint density at radius 2 is 2.18 bits per heavy atom. The minimum Gasteiger partial charge on any atom is -0.364 e. The Morgan fingerprint density at radius 3 is 2.82 bits per heavy atom. The highest BCUT2D eigenvalue weighted by molar-refractivity contribution is 6.03. The Kier molecular flexibility index (Phi) is 3.01. The Balaban J connectivity index is 2.51. The first-order valence-electron chi connectivity index (χ1n) is 5.73. The van der Waals surface area contributed by atoms with Gasteiger partial charge in [-0.05, 0) is 24.6 Å². The molecule has 0 spiro atoms. The molecule has 1 aromatic rings. The van der Waals surface area contributed by atoms with Crippen LogP contribution in [0.25, 0.3) is 0 Å². The van der Waals surface area contributed by atoms with E-state index >= 15 is 0 Å². The molecule has 1 aliphatic rings. The lowest BCUT2D eigenvalue weighted by Gasteiger charge is -2.35. The third-order valence-corrected chi connectivity index (χ3v) is 2.93. The molecule has 0 bridgehead atoms. The predicted octanol–water partition coefficient (Wildman–Crippen LogP) is 1.75. The predicted molar refractivity (Wildman–Crippen MR) is 67.1 cm³/mol. The van der Waals surface area contributed by atoms with Gasteiger partial charge in [-0.3, -0.25) is 4.79 Å². The van der Waals surface area contributed by atoms with Gasteiger partial charge in [0, 0.05) is 13.6 Å². The van der Waals surface area contributed by atoms with Crippen molar-refractivity contribution in [3.63, 3.8) is 0 Å². The van der Waals surface area contributed by atoms with Gasteiger partial charge in [-0.1, -0.05) is 6.92 Å². The molecule has 17 heavy (non-hydrogen) atoms. The maximum absolute atomic E-state index is 12.0. The smallest absolute Gasteiger partial charge is 0.246 e. The van der Waals surface area contributed by atoms with Gasteiger partial charge in [0.25, 0.3) is 0 Å². The van der Waals surface area contributed by atoms with Gasteiger partial charge in [-0.2, -0.15) is 5.26 Å². The molecule has 0 fully saturated rings. The summed E-state index contributed by atoms with van der Waals surface area (Å²) in [7, 11) is 1.89. The zero-order chi connectivity index (χ0) is 12.4. The third-order valence-electron chi connectivity index (χ3n) is 2.93. The maximum atomic E-state index is 12.0. The van der Waals surface area contributed by atoms with Crippen LogP contribution in [0.15, 0.2) is 18.2 Å². The molecule has 4 nitrogen and oxygen atoms in total. The lowest BCUT2D eigenvalue weighted by Crippen LogP contribution is -2.44. The maximum Gasteiger partial charge on any atom is 0.246 e. The molecule has 4 heteroatoms. The molecule has 1 aromatic carbocycles. The van der Waals surface area contributed by atoms with Gasteiger partial charge in [-0.15, -0.1) is 0 Å². The number of hydrogen-bond acceptors (Lipinski definition) is 3. The van der Waals surface area contributed by atoms with Crippen LogP contribution in [0.3, 0.4) is 0 Å². The number of fused-ring (bicyclic) bond motifs is 1. The molecule has 0 saturated heterocycles. The molecular formula is C13H15N3O. The summed E-state index contributed by atoms with van der Waals surface area (Å²) in [6.07, 6.45) is 0.908. The quantitative estimate of drug-likeness (QED) is 0.776. The number of rotatable bonds is 2. The van der Waals surface area contributed by atoms with Gasteiger partial charge in [-0.25, -0.2) is 0 Å². The van der Waals surface area contributed by atoms with Crippen LogP contribution < -0.4 is 9.80 Å². The average Bonchev–Trinajstić information content (AvgIpc) is 2.33. The van der Waals surface area contributed by atoms with E-state index in [-0.39, 0.29) is 5.91 Å². The molecule has 0 N–H and O–H groups in total. The van der Waals surface area contributed by atoms with Crippen molar-refractivity contribution in [2.45, 2.75) is 13.3 Å². The van der Waals surface area contributed by atoms with Gasteiger partial charge < -0.3 is 9.80 Å². The first-order valence-corrected chi connectivity index (χ1v) is 5.73. The zero-order valence-electron chi connectivity index (χ0n) is 10.1. The fourth-order valence-corrected chi connectivity index (χ4v) is 2.11. The molecule has 0 radical (unpaired) electrons. The molecule has 88 valence electrons. The normalized spacial score (nSPS) is 14.5. The second-order valence-corrected chi connectivity index (χ2v) is 4.22. The highest BCUT2D eigenvalue weighted by atomic mass is 16.2. The van der Waals surface area contributed by atoms with Crippen molar-refractivity contribution in [1.82, 2.24) is 0 Å². The average molecular weight is 229 g/mol. The number of carbonyl (C=O) groups excluding carboxylic acids is 1. The first-order chi connectivity index (χ1) is 8.17. The lowest BCUT2D eigenvalue weighted by molar-refractivity contribution is -0.117. The van der Waals surface area contributed by atoms with E-state index in [1.54, 1.807) is 17.0 Å². The first kappa shape index (κ1) is 11.5. The second-order valence-electron chi connectivity index (χ2n) is 4.22. The number of benzene rings is 1. The van der Waals surface area contributed by atoms with E-state index in [1.165, 1.54) is 0 Å². The van der Waals surface area contributed by atoms with Gasteiger partial charge in [0.15, 0.2) is 0 Å². The van der Waals surface area contributed by atoms with Crippen molar-refractivity contribution in [3.05, 3.63) is 23.8 Å². The van der Waals surface area contributed by atoms with Crippen molar-refractivity contribution in [3.8, 4) is 6.07 Å². The molecule has 0 atom stereocenters. The van der Waals surface area contributed by atoms with E-state index in [0.29, 0.717) is 18.7 Å². The highest BCUT2D eigenvalue weighted by Crippen LogP contribution is 2.33. The molecule has 1 aliphatic heterocycles. The number of anilines is 2. The van der Waals surface area contributed by atoms with Crippen molar-refractivity contribution in [2.75, 3.05) is 29.9 Å². The topological polar surface area (TPSA) is 47.3 Å². The van der Waals surface area contributed by atoms with Crippen LogP contribution >= 0.6 is 0 Å². The molecule has 1 amide bonds. The van der Waals surface area contributed by atoms with Gasteiger partial charge >= 0.3 is 0 Å². The van der Waals surface area contributed by atoms with E-state index in [9.17, 15) is 4.79 Å². The van der Waals surface area contributed by atoms with Gasteiger partial charge in [0.05, 0.1) is 29.6 Å². The summed E-state index contributed by atoms with van der Waals surface area (Å²) in [6.45, 7) is 3.15. The monoisotopic (exact) mass is 229 g/mol. The number of nitrogens with zero attached hydrogens (tertiary/aromatic N) is 3. The van der Waals surface area contributed by atoms with E-state index < -0.39 is 0 Å². The van der Waals surface area contributed by atoms with Crippen molar-refractivity contribution >= 4 is 17.3 Å². The third kappa shape index (κ3) is 1.96. The Hall–Kier alpha value is -2.02. The minimum atomic E-state index is 0.0944. The Bertz CT molecular complexity index is 490. The highest BCUT2D eigenvalue weighted by Gasteiger charge is 2.26. The largest absolute Gasteiger partial charge is 0.364 e. The Labute approximate surface area is 101 Å². The molecule has 0 unspecified atom stereocenters. The van der Waals surface area contributed by atoms with Crippen LogP contribution in [0.5, 0.6) is 0 Å². The van der Waals surface area contributed by atoms with E-state index in [2.05, 4.69) is 6.07 Å². The molecule has 0 saturated carbocycles. The summed E-state index contributed by atoms with van der Waals surface area (Å²) < 4.78 is 0. The van der Waals surface area contributed by atoms with Crippen LogP contribution in [0.1, 0.15) is 18.9 Å². The lowest BCUT2D eigenvalue weighted by atomic mass is 10.1.